The number of carbonyl (C=O) groups excluding carboxylic acids is 1. The van der Waals surface area contributed by atoms with Gasteiger partial charge in [0.15, 0.2) is 0 Å². The molecule has 0 saturated heterocycles. The van der Waals surface area contributed by atoms with E-state index in [0.717, 1.165) is 49.3 Å². The van der Waals surface area contributed by atoms with Crippen LogP contribution in [-0.2, 0) is 17.6 Å². The number of carbonyl (C=O) groups is 1. The molecule has 110 valence electrons. The summed E-state index contributed by atoms with van der Waals surface area (Å²) in [5.74, 6) is 0.957. The molecule has 21 heavy (non-hydrogen) atoms. The molecule has 3 rings (SSSR count). The normalized spacial score (nSPS) is 13.2. The zero-order valence-corrected chi connectivity index (χ0v) is 12.4. The second-order valence-electron chi connectivity index (χ2n) is 5.53. The Labute approximate surface area is 125 Å². The molecule has 1 heterocycles. The number of hydrogen-bond acceptors (Lipinski definition) is 2. The number of nitrogens with zero attached hydrogens (tertiary/aromatic N) is 2. The molecule has 1 aromatic heterocycles. The Morgan fingerprint density at radius 3 is 2.86 bits per heavy atom. The Kier molecular flexibility index (Phi) is 4.04. The van der Waals surface area contributed by atoms with Crippen molar-refractivity contribution in [3.05, 3.63) is 41.6 Å². The number of hydrogen-bond donors (Lipinski definition) is 1. The van der Waals surface area contributed by atoms with Gasteiger partial charge in [-0.3, -0.25) is 4.79 Å². The van der Waals surface area contributed by atoms with Crippen LogP contribution in [0, 0.1) is 0 Å². The van der Waals surface area contributed by atoms with E-state index in [-0.39, 0.29) is 5.91 Å². The maximum absolute atomic E-state index is 12.1. The fourth-order valence-corrected chi connectivity index (χ4v) is 2.81. The predicted molar refractivity (Wildman–Crippen MR) is 83.7 cm³/mol. The molecule has 0 radical (unpaired) electrons. The molecule has 0 unspecified atom stereocenters. The van der Waals surface area contributed by atoms with Gasteiger partial charge < -0.3 is 5.32 Å². The van der Waals surface area contributed by atoms with E-state index in [9.17, 15) is 4.79 Å². The molecule has 1 aliphatic rings. The molecule has 0 saturated carbocycles. The van der Waals surface area contributed by atoms with Crippen molar-refractivity contribution in [2.24, 2.45) is 0 Å². The number of benzene rings is 1. The predicted octanol–water partition coefficient (Wildman–Crippen LogP) is 3.49. The summed E-state index contributed by atoms with van der Waals surface area (Å²) in [6.07, 6.45) is 5.67. The van der Waals surface area contributed by atoms with Crippen molar-refractivity contribution < 1.29 is 4.79 Å². The van der Waals surface area contributed by atoms with Crippen LogP contribution in [0.15, 0.2) is 30.3 Å². The lowest BCUT2D eigenvalue weighted by Crippen LogP contribution is -2.15. The average Bonchev–Trinajstić information content (AvgIpc) is 3.09. The maximum atomic E-state index is 12.1. The lowest BCUT2D eigenvalue weighted by molar-refractivity contribution is -0.116. The summed E-state index contributed by atoms with van der Waals surface area (Å²) < 4.78 is 1.88. The molecule has 1 N–H and O–H groups in total. The number of amides is 1. The van der Waals surface area contributed by atoms with Gasteiger partial charge in [0.25, 0.3) is 0 Å². The largest absolute Gasteiger partial charge is 0.310 e. The molecule has 4 nitrogen and oxygen atoms in total. The topological polar surface area (TPSA) is 46.9 Å². The Hall–Kier alpha value is -2.10. The number of aromatic nitrogens is 2. The highest BCUT2D eigenvalue weighted by Gasteiger charge is 2.23. The molecule has 4 heteroatoms. The van der Waals surface area contributed by atoms with Gasteiger partial charge in [-0.15, -0.1) is 0 Å². The zero-order valence-electron chi connectivity index (χ0n) is 12.4. The van der Waals surface area contributed by atoms with Crippen LogP contribution in [0.25, 0.3) is 5.69 Å². The summed E-state index contributed by atoms with van der Waals surface area (Å²) in [7, 11) is 0. The average molecular weight is 283 g/mol. The molecule has 0 fully saturated rings. The fraction of sp³-hybridized carbons (Fsp3) is 0.412. The first-order chi connectivity index (χ1) is 10.3. The SMILES string of the molecule is CCCCC(=O)Nc1c2c(nn1-c1ccccc1)CCC2. The molecule has 0 spiro atoms. The van der Waals surface area contributed by atoms with E-state index in [1.54, 1.807) is 0 Å². The third-order valence-electron chi connectivity index (χ3n) is 3.92. The summed E-state index contributed by atoms with van der Waals surface area (Å²) in [6, 6.07) is 10.0. The van der Waals surface area contributed by atoms with Crippen LogP contribution in [0.4, 0.5) is 5.82 Å². The van der Waals surface area contributed by atoms with Gasteiger partial charge in [0.1, 0.15) is 5.82 Å². The van der Waals surface area contributed by atoms with Gasteiger partial charge in [0, 0.05) is 12.0 Å². The van der Waals surface area contributed by atoms with Gasteiger partial charge in [-0.05, 0) is 37.8 Å². The first-order valence-electron chi connectivity index (χ1n) is 7.75. The molecular formula is C17H21N3O. The van der Waals surface area contributed by atoms with Gasteiger partial charge >= 0.3 is 0 Å². The number of anilines is 1. The van der Waals surface area contributed by atoms with E-state index >= 15 is 0 Å². The molecular weight excluding hydrogens is 262 g/mol. The second kappa shape index (κ2) is 6.12. The van der Waals surface area contributed by atoms with E-state index in [1.165, 1.54) is 5.56 Å². The highest BCUT2D eigenvalue weighted by molar-refractivity contribution is 5.91. The Bertz CT molecular complexity index is 631. The number of para-hydroxylation sites is 1. The summed E-state index contributed by atoms with van der Waals surface area (Å²) in [5, 5.41) is 7.78. The van der Waals surface area contributed by atoms with Crippen LogP contribution < -0.4 is 5.32 Å². The van der Waals surface area contributed by atoms with Crippen LogP contribution in [0.5, 0.6) is 0 Å². The van der Waals surface area contributed by atoms with Crippen LogP contribution in [0.1, 0.15) is 43.9 Å². The molecule has 1 amide bonds. The van der Waals surface area contributed by atoms with Crippen molar-refractivity contribution in [3.63, 3.8) is 0 Å². The molecule has 0 bridgehead atoms. The monoisotopic (exact) mass is 283 g/mol. The molecule has 1 aromatic carbocycles. The van der Waals surface area contributed by atoms with Gasteiger partial charge in [-0.25, -0.2) is 4.68 Å². The zero-order chi connectivity index (χ0) is 14.7. The lowest BCUT2D eigenvalue weighted by atomic mass is 10.2. The first-order valence-corrected chi connectivity index (χ1v) is 7.75. The van der Waals surface area contributed by atoms with Gasteiger partial charge in [0.2, 0.25) is 5.91 Å². The minimum Gasteiger partial charge on any atom is -0.310 e. The van der Waals surface area contributed by atoms with Crippen molar-refractivity contribution in [2.45, 2.75) is 45.4 Å². The molecule has 0 aliphatic heterocycles. The third kappa shape index (κ3) is 2.84. The number of aryl methyl sites for hydroxylation is 1. The van der Waals surface area contributed by atoms with Crippen molar-refractivity contribution in [3.8, 4) is 5.69 Å². The smallest absolute Gasteiger partial charge is 0.225 e. The number of rotatable bonds is 5. The standard InChI is InChI=1S/C17H21N3O/c1-2-3-12-16(21)18-17-14-10-7-11-15(14)19-20(17)13-8-5-4-6-9-13/h4-6,8-9H,2-3,7,10-12H2,1H3,(H,18,21). The van der Waals surface area contributed by atoms with Gasteiger partial charge in [-0.2, -0.15) is 5.10 Å². The van der Waals surface area contributed by atoms with Crippen molar-refractivity contribution in [1.29, 1.82) is 0 Å². The van der Waals surface area contributed by atoms with Crippen molar-refractivity contribution >= 4 is 11.7 Å². The third-order valence-corrected chi connectivity index (χ3v) is 3.92. The maximum Gasteiger partial charge on any atom is 0.225 e. The van der Waals surface area contributed by atoms with E-state index in [2.05, 4.69) is 12.2 Å². The van der Waals surface area contributed by atoms with Crippen LogP contribution >= 0.6 is 0 Å². The lowest BCUT2D eigenvalue weighted by Gasteiger charge is -2.10. The number of unbranched alkanes of at least 4 members (excludes halogenated alkanes) is 1. The van der Waals surface area contributed by atoms with E-state index in [4.69, 9.17) is 5.10 Å². The van der Waals surface area contributed by atoms with Crippen LogP contribution in [0.3, 0.4) is 0 Å². The Balaban J connectivity index is 1.92. The highest BCUT2D eigenvalue weighted by Crippen LogP contribution is 2.31. The number of fused-ring (bicyclic) bond motifs is 1. The molecule has 1 aliphatic carbocycles. The number of nitrogens with one attached hydrogen (secondary N) is 1. The summed E-state index contributed by atoms with van der Waals surface area (Å²) in [5.41, 5.74) is 3.34. The molecule has 2 aromatic rings. The minimum absolute atomic E-state index is 0.0867. The Morgan fingerprint density at radius 1 is 1.29 bits per heavy atom. The quantitative estimate of drug-likeness (QED) is 0.913. The first kappa shape index (κ1) is 13.9. The van der Waals surface area contributed by atoms with Crippen LogP contribution in [0.2, 0.25) is 0 Å². The Morgan fingerprint density at radius 2 is 2.10 bits per heavy atom. The second-order valence-corrected chi connectivity index (χ2v) is 5.53. The van der Waals surface area contributed by atoms with E-state index < -0.39 is 0 Å². The highest BCUT2D eigenvalue weighted by atomic mass is 16.1. The summed E-state index contributed by atoms with van der Waals surface area (Å²) >= 11 is 0. The van der Waals surface area contributed by atoms with Crippen molar-refractivity contribution in [1.82, 2.24) is 9.78 Å². The van der Waals surface area contributed by atoms with Crippen molar-refractivity contribution in [2.75, 3.05) is 5.32 Å². The van der Waals surface area contributed by atoms with Crippen LogP contribution in [-0.4, -0.2) is 15.7 Å². The minimum atomic E-state index is 0.0867. The van der Waals surface area contributed by atoms with E-state index in [1.807, 2.05) is 35.0 Å². The fourth-order valence-electron chi connectivity index (χ4n) is 2.81. The van der Waals surface area contributed by atoms with Gasteiger partial charge in [0.05, 0.1) is 11.4 Å². The molecule has 0 atom stereocenters. The van der Waals surface area contributed by atoms with Gasteiger partial charge in [-0.1, -0.05) is 31.5 Å². The summed E-state index contributed by atoms with van der Waals surface area (Å²) in [4.78, 5) is 12.1. The summed E-state index contributed by atoms with van der Waals surface area (Å²) in [6.45, 7) is 2.10. The van der Waals surface area contributed by atoms with E-state index in [0.29, 0.717) is 6.42 Å².